The van der Waals surface area contributed by atoms with Crippen molar-refractivity contribution >= 4 is 23.2 Å². The number of carbonyl (C=O) groups excluding carboxylic acids is 2. The van der Waals surface area contributed by atoms with E-state index in [1.807, 2.05) is 0 Å². The maximum Gasteiger partial charge on any atom is 0.293 e. The lowest BCUT2D eigenvalue weighted by atomic mass is 10.1. The number of nitro groups is 1. The van der Waals surface area contributed by atoms with Crippen LogP contribution in [0.15, 0.2) is 18.2 Å². The monoisotopic (exact) mass is 293 g/mol. The molecular weight excluding hydrogens is 278 g/mol. The van der Waals surface area contributed by atoms with Gasteiger partial charge in [0.2, 0.25) is 5.91 Å². The Morgan fingerprint density at radius 2 is 2.10 bits per heavy atom. The maximum absolute atomic E-state index is 11.9. The van der Waals surface area contributed by atoms with E-state index >= 15 is 0 Å². The number of nitrogens with one attached hydrogen (secondary N) is 3. The van der Waals surface area contributed by atoms with Gasteiger partial charge in [-0.1, -0.05) is 0 Å². The summed E-state index contributed by atoms with van der Waals surface area (Å²) in [5, 5.41) is 15.9. The first-order chi connectivity index (χ1) is 10.0. The zero-order valence-electron chi connectivity index (χ0n) is 11.1. The van der Waals surface area contributed by atoms with Crippen molar-refractivity contribution in [1.29, 1.82) is 0 Å². The molecule has 0 radical (unpaired) electrons. The smallest absolute Gasteiger partial charge is 0.293 e. The van der Waals surface area contributed by atoms with Crippen molar-refractivity contribution < 1.29 is 14.5 Å². The van der Waals surface area contributed by atoms with Crippen molar-refractivity contribution in [3.8, 4) is 0 Å². The van der Waals surface area contributed by atoms with Gasteiger partial charge in [0.15, 0.2) is 0 Å². The largest absolute Gasteiger partial charge is 0.352 e. The fraction of sp³-hybridized carbons (Fsp3) is 0.333. The van der Waals surface area contributed by atoms with Crippen LogP contribution in [0.1, 0.15) is 23.2 Å². The summed E-state index contributed by atoms with van der Waals surface area (Å²) in [7, 11) is 0. The third-order valence-electron chi connectivity index (χ3n) is 2.96. The average molecular weight is 293 g/mol. The SMILES string of the molecule is NNc1cc(C(=O)NCC(=O)NC2CC2)ccc1[N+](=O)[O-]. The van der Waals surface area contributed by atoms with Crippen LogP contribution in [-0.2, 0) is 4.79 Å². The molecule has 5 N–H and O–H groups in total. The number of hydrazine groups is 1. The summed E-state index contributed by atoms with van der Waals surface area (Å²) in [5.74, 6) is 4.42. The van der Waals surface area contributed by atoms with Crippen LogP contribution in [0.25, 0.3) is 0 Å². The van der Waals surface area contributed by atoms with Gasteiger partial charge in [-0.05, 0) is 25.0 Å². The van der Waals surface area contributed by atoms with E-state index in [2.05, 4.69) is 16.1 Å². The molecule has 9 nitrogen and oxygen atoms in total. The average Bonchev–Trinajstić information content (AvgIpc) is 3.27. The number of nitrogens with two attached hydrogens (primary N) is 1. The second kappa shape index (κ2) is 6.18. The lowest BCUT2D eigenvalue weighted by Crippen LogP contribution is -2.37. The molecule has 21 heavy (non-hydrogen) atoms. The minimum absolute atomic E-state index is 0.0232. The number of nitrogen functional groups attached to an aromatic ring is 1. The van der Waals surface area contributed by atoms with Gasteiger partial charge in [-0.25, -0.2) is 0 Å². The number of carbonyl (C=O) groups is 2. The molecule has 9 heteroatoms. The van der Waals surface area contributed by atoms with Gasteiger partial charge < -0.3 is 16.1 Å². The van der Waals surface area contributed by atoms with Crippen LogP contribution in [0.4, 0.5) is 11.4 Å². The van der Waals surface area contributed by atoms with Crippen molar-refractivity contribution in [2.24, 2.45) is 5.84 Å². The molecule has 0 spiro atoms. The van der Waals surface area contributed by atoms with E-state index < -0.39 is 10.8 Å². The second-order valence-corrected chi connectivity index (χ2v) is 4.66. The molecule has 0 saturated heterocycles. The molecule has 0 bridgehead atoms. The molecule has 1 aromatic rings. The van der Waals surface area contributed by atoms with E-state index in [0.29, 0.717) is 0 Å². The van der Waals surface area contributed by atoms with Crippen LogP contribution in [0.3, 0.4) is 0 Å². The normalized spacial score (nSPS) is 13.4. The molecule has 1 saturated carbocycles. The Morgan fingerprint density at radius 3 is 2.67 bits per heavy atom. The fourth-order valence-corrected chi connectivity index (χ4v) is 1.72. The van der Waals surface area contributed by atoms with Gasteiger partial charge in [-0.2, -0.15) is 0 Å². The lowest BCUT2D eigenvalue weighted by Gasteiger charge is -2.07. The lowest BCUT2D eigenvalue weighted by molar-refractivity contribution is -0.384. The third kappa shape index (κ3) is 3.89. The topological polar surface area (TPSA) is 139 Å². The minimum atomic E-state index is -0.611. The highest BCUT2D eigenvalue weighted by Gasteiger charge is 2.23. The predicted octanol–water partition coefficient (Wildman–Crippen LogP) is -0.111. The Balaban J connectivity index is 1.98. The van der Waals surface area contributed by atoms with Crippen LogP contribution in [0.5, 0.6) is 0 Å². The molecule has 0 aromatic heterocycles. The molecule has 1 aliphatic carbocycles. The number of rotatable bonds is 6. The van der Waals surface area contributed by atoms with Gasteiger partial charge in [-0.3, -0.25) is 25.5 Å². The first-order valence-corrected chi connectivity index (χ1v) is 6.34. The van der Waals surface area contributed by atoms with E-state index in [9.17, 15) is 19.7 Å². The molecule has 0 heterocycles. The number of amides is 2. The summed E-state index contributed by atoms with van der Waals surface area (Å²) in [6, 6.07) is 3.95. The van der Waals surface area contributed by atoms with Crippen molar-refractivity contribution in [1.82, 2.24) is 10.6 Å². The number of benzene rings is 1. The summed E-state index contributed by atoms with van der Waals surface area (Å²) >= 11 is 0. The van der Waals surface area contributed by atoms with Crippen LogP contribution < -0.4 is 21.9 Å². The molecule has 0 aliphatic heterocycles. The highest BCUT2D eigenvalue weighted by atomic mass is 16.6. The van der Waals surface area contributed by atoms with Crippen LogP contribution in [-0.4, -0.2) is 29.3 Å². The molecule has 1 fully saturated rings. The highest BCUT2D eigenvalue weighted by molar-refractivity contribution is 5.97. The zero-order chi connectivity index (χ0) is 15.4. The Labute approximate surface area is 120 Å². The Bertz CT molecular complexity index is 585. The number of hydrogen-bond donors (Lipinski definition) is 4. The Hall–Kier alpha value is -2.68. The van der Waals surface area contributed by atoms with E-state index in [1.54, 1.807) is 0 Å². The number of nitro benzene ring substituents is 1. The molecular formula is C12H15N5O4. The second-order valence-electron chi connectivity index (χ2n) is 4.66. The predicted molar refractivity (Wildman–Crippen MR) is 74.4 cm³/mol. The molecule has 2 amide bonds. The van der Waals surface area contributed by atoms with Crippen molar-refractivity contribution in [3.63, 3.8) is 0 Å². The molecule has 1 aliphatic rings. The van der Waals surface area contributed by atoms with Gasteiger partial charge in [0, 0.05) is 17.7 Å². The van der Waals surface area contributed by atoms with Gasteiger partial charge in [0.25, 0.3) is 11.6 Å². The van der Waals surface area contributed by atoms with Crippen LogP contribution in [0.2, 0.25) is 0 Å². The van der Waals surface area contributed by atoms with Gasteiger partial charge >= 0.3 is 0 Å². The first-order valence-electron chi connectivity index (χ1n) is 6.34. The third-order valence-corrected chi connectivity index (χ3v) is 2.96. The minimum Gasteiger partial charge on any atom is -0.352 e. The number of hydrogen-bond acceptors (Lipinski definition) is 6. The number of anilines is 1. The van der Waals surface area contributed by atoms with Crippen molar-refractivity contribution in [2.75, 3.05) is 12.0 Å². The molecule has 0 unspecified atom stereocenters. The number of nitrogens with zero attached hydrogens (tertiary/aromatic N) is 1. The summed E-state index contributed by atoms with van der Waals surface area (Å²) in [6.07, 6.45) is 1.93. The van der Waals surface area contributed by atoms with E-state index in [0.717, 1.165) is 12.8 Å². The molecule has 1 aromatic carbocycles. The first kappa shape index (κ1) is 14.7. The zero-order valence-corrected chi connectivity index (χ0v) is 11.1. The van der Waals surface area contributed by atoms with Gasteiger partial charge in [0.1, 0.15) is 5.69 Å². The van der Waals surface area contributed by atoms with Crippen LogP contribution in [0, 0.1) is 10.1 Å². The highest BCUT2D eigenvalue weighted by Crippen LogP contribution is 2.24. The maximum atomic E-state index is 11.9. The Morgan fingerprint density at radius 1 is 1.38 bits per heavy atom. The van der Waals surface area contributed by atoms with Crippen LogP contribution >= 0.6 is 0 Å². The molecule has 112 valence electrons. The Kier molecular flexibility index (Phi) is 4.33. The summed E-state index contributed by atoms with van der Waals surface area (Å²) in [6.45, 7) is -0.141. The summed E-state index contributed by atoms with van der Waals surface area (Å²) < 4.78 is 0. The van der Waals surface area contributed by atoms with Gasteiger partial charge in [0.05, 0.1) is 11.5 Å². The quantitative estimate of drug-likeness (QED) is 0.328. The summed E-state index contributed by atoms with van der Waals surface area (Å²) in [5.41, 5.74) is 2.13. The van der Waals surface area contributed by atoms with E-state index in [-0.39, 0.29) is 35.4 Å². The van der Waals surface area contributed by atoms with E-state index in [1.165, 1.54) is 18.2 Å². The summed E-state index contributed by atoms with van der Waals surface area (Å²) in [4.78, 5) is 33.4. The van der Waals surface area contributed by atoms with Crippen molar-refractivity contribution in [2.45, 2.75) is 18.9 Å². The van der Waals surface area contributed by atoms with Gasteiger partial charge in [-0.15, -0.1) is 0 Å². The van der Waals surface area contributed by atoms with Crippen molar-refractivity contribution in [3.05, 3.63) is 33.9 Å². The molecule has 2 rings (SSSR count). The standard InChI is InChI=1S/C12H15N5O4/c13-16-9-5-7(1-4-10(9)17(20)21)12(19)14-6-11(18)15-8-2-3-8/h1,4-5,8,16H,2-3,6,13H2,(H,14,19)(H,15,18). The fourth-order valence-electron chi connectivity index (χ4n) is 1.72. The molecule has 0 atom stereocenters. The van der Waals surface area contributed by atoms with E-state index in [4.69, 9.17) is 5.84 Å².